The molecule has 26 heavy (non-hydrogen) atoms. The summed E-state index contributed by atoms with van der Waals surface area (Å²) in [4.78, 5) is 24.3. The Hall–Kier alpha value is -3.16. The Bertz CT molecular complexity index is 791. The molecule has 0 radical (unpaired) electrons. The lowest BCUT2D eigenvalue weighted by molar-refractivity contribution is -0.0499. The summed E-state index contributed by atoms with van der Waals surface area (Å²) in [5, 5.41) is 0. The van der Waals surface area contributed by atoms with Gasteiger partial charge in [-0.25, -0.2) is 4.79 Å². The van der Waals surface area contributed by atoms with Crippen molar-refractivity contribution in [1.29, 1.82) is 0 Å². The van der Waals surface area contributed by atoms with Crippen LogP contribution in [0, 0.1) is 0 Å². The topological polar surface area (TPSA) is 71.1 Å². The molecule has 0 aliphatic rings. The van der Waals surface area contributed by atoms with Crippen LogP contribution < -0.4 is 14.2 Å². The van der Waals surface area contributed by atoms with Crippen LogP contribution in [0.4, 0.5) is 8.78 Å². The number of methoxy groups -OCH3 is 2. The second kappa shape index (κ2) is 8.80. The van der Waals surface area contributed by atoms with Crippen molar-refractivity contribution in [1.82, 2.24) is 0 Å². The Morgan fingerprint density at radius 3 is 2.42 bits per heavy atom. The molecule has 0 saturated heterocycles. The first-order valence-corrected chi connectivity index (χ1v) is 7.42. The maximum absolute atomic E-state index is 12.3. The monoisotopic (exact) mass is 366 g/mol. The summed E-state index contributed by atoms with van der Waals surface area (Å²) in [6.45, 7) is -3.55. The molecule has 0 aliphatic carbocycles. The number of alkyl halides is 2. The van der Waals surface area contributed by atoms with Gasteiger partial charge in [-0.05, 0) is 30.3 Å². The van der Waals surface area contributed by atoms with Gasteiger partial charge in [-0.2, -0.15) is 8.78 Å². The smallest absolute Gasteiger partial charge is 0.387 e. The lowest BCUT2D eigenvalue weighted by atomic mass is 10.1. The average molecular weight is 366 g/mol. The highest BCUT2D eigenvalue weighted by atomic mass is 19.3. The quantitative estimate of drug-likeness (QED) is 0.527. The summed E-state index contributed by atoms with van der Waals surface area (Å²) in [5.74, 6) is -0.732. The van der Waals surface area contributed by atoms with Gasteiger partial charge in [-0.1, -0.05) is 6.07 Å². The Morgan fingerprint density at radius 2 is 1.77 bits per heavy atom. The number of rotatable bonds is 8. The minimum absolute atomic E-state index is 0.0161. The molecule has 0 bridgehead atoms. The van der Waals surface area contributed by atoms with E-state index in [0.29, 0.717) is 5.75 Å². The highest BCUT2D eigenvalue weighted by Gasteiger charge is 2.17. The van der Waals surface area contributed by atoms with Gasteiger partial charge in [-0.15, -0.1) is 0 Å². The minimum atomic E-state index is -3.01. The third-order valence-electron chi connectivity index (χ3n) is 3.34. The fourth-order valence-corrected chi connectivity index (χ4v) is 2.12. The van der Waals surface area contributed by atoms with Gasteiger partial charge in [0.05, 0.1) is 25.3 Å². The van der Waals surface area contributed by atoms with Crippen molar-refractivity contribution >= 4 is 11.8 Å². The van der Waals surface area contributed by atoms with Crippen LogP contribution in [0.25, 0.3) is 0 Å². The molecular formula is C18H16F2O6. The van der Waals surface area contributed by atoms with E-state index in [-0.39, 0.29) is 22.6 Å². The molecule has 2 aromatic carbocycles. The third kappa shape index (κ3) is 4.92. The van der Waals surface area contributed by atoms with Crippen LogP contribution in [0.5, 0.6) is 17.2 Å². The van der Waals surface area contributed by atoms with Crippen LogP contribution in [-0.4, -0.2) is 39.2 Å². The summed E-state index contributed by atoms with van der Waals surface area (Å²) in [6.07, 6.45) is 0. The van der Waals surface area contributed by atoms with Crippen molar-refractivity contribution in [3.63, 3.8) is 0 Å². The van der Waals surface area contributed by atoms with E-state index in [1.165, 1.54) is 44.6 Å². The van der Waals surface area contributed by atoms with Crippen LogP contribution in [0.2, 0.25) is 0 Å². The van der Waals surface area contributed by atoms with Gasteiger partial charge in [0.25, 0.3) is 0 Å². The maximum Gasteiger partial charge on any atom is 0.387 e. The third-order valence-corrected chi connectivity index (χ3v) is 3.34. The molecule has 0 aromatic heterocycles. The molecule has 0 N–H and O–H groups in total. The molecule has 0 heterocycles. The van der Waals surface area contributed by atoms with Gasteiger partial charge in [0.1, 0.15) is 17.2 Å². The van der Waals surface area contributed by atoms with Gasteiger partial charge in [0.15, 0.2) is 6.61 Å². The van der Waals surface area contributed by atoms with Crippen molar-refractivity contribution in [3.8, 4) is 17.2 Å². The summed E-state index contributed by atoms with van der Waals surface area (Å²) >= 11 is 0. The Balaban J connectivity index is 2.04. The molecule has 0 aliphatic heterocycles. The van der Waals surface area contributed by atoms with Crippen LogP contribution in [0.3, 0.4) is 0 Å². The molecular weight excluding hydrogens is 350 g/mol. The maximum atomic E-state index is 12.3. The molecule has 0 atom stereocenters. The number of ketones is 1. The van der Waals surface area contributed by atoms with E-state index in [1.807, 2.05) is 0 Å². The van der Waals surface area contributed by atoms with Crippen molar-refractivity contribution in [2.75, 3.05) is 20.8 Å². The molecule has 0 fully saturated rings. The number of carbonyl (C=O) groups excluding carboxylic acids is 2. The summed E-state index contributed by atoms with van der Waals surface area (Å²) < 4.78 is 43.8. The molecule has 6 nitrogen and oxygen atoms in total. The first-order valence-electron chi connectivity index (χ1n) is 7.42. The van der Waals surface area contributed by atoms with Crippen molar-refractivity contribution in [2.24, 2.45) is 0 Å². The van der Waals surface area contributed by atoms with E-state index < -0.39 is 25.0 Å². The Morgan fingerprint density at radius 1 is 1.00 bits per heavy atom. The zero-order valence-electron chi connectivity index (χ0n) is 14.0. The highest BCUT2D eigenvalue weighted by Crippen LogP contribution is 2.25. The van der Waals surface area contributed by atoms with Gasteiger partial charge < -0.3 is 18.9 Å². The van der Waals surface area contributed by atoms with Gasteiger partial charge >= 0.3 is 12.6 Å². The van der Waals surface area contributed by atoms with E-state index in [4.69, 9.17) is 14.2 Å². The van der Waals surface area contributed by atoms with Gasteiger partial charge in [0.2, 0.25) is 5.78 Å². The molecule has 138 valence electrons. The first kappa shape index (κ1) is 19.2. The van der Waals surface area contributed by atoms with E-state index in [2.05, 4.69) is 4.74 Å². The number of hydrogen-bond donors (Lipinski definition) is 0. The average Bonchev–Trinajstić information content (AvgIpc) is 2.64. The standard InChI is InChI=1S/C18H16F2O6/c1-23-12-6-7-14(16(9-12)24-2)15(21)10-25-17(22)11-4-3-5-13(8-11)26-18(19)20/h3-9,18H,10H2,1-2H3. The summed E-state index contributed by atoms with van der Waals surface area (Å²) in [6, 6.07) is 9.69. The zero-order valence-corrected chi connectivity index (χ0v) is 14.0. The number of benzene rings is 2. The minimum Gasteiger partial charge on any atom is -0.497 e. The SMILES string of the molecule is COc1ccc(C(=O)COC(=O)c2cccc(OC(F)F)c2)c(OC)c1. The second-order valence-electron chi connectivity index (χ2n) is 4.97. The predicted octanol–water partition coefficient (Wildman–Crippen LogP) is 3.34. The van der Waals surface area contributed by atoms with E-state index in [0.717, 1.165) is 6.07 Å². The number of Topliss-reactive ketones (excluding diaryl/α,β-unsaturated/α-hetero) is 1. The molecule has 8 heteroatoms. The zero-order chi connectivity index (χ0) is 19.1. The van der Waals surface area contributed by atoms with E-state index >= 15 is 0 Å². The number of hydrogen-bond acceptors (Lipinski definition) is 6. The number of esters is 1. The lowest BCUT2D eigenvalue weighted by Gasteiger charge is -2.10. The molecule has 0 saturated carbocycles. The summed E-state index contributed by atoms with van der Waals surface area (Å²) in [7, 11) is 2.87. The normalized spacial score (nSPS) is 10.3. The molecule has 0 unspecified atom stereocenters. The molecule has 2 aromatic rings. The van der Waals surface area contributed by atoms with Gasteiger partial charge in [0, 0.05) is 6.07 Å². The van der Waals surface area contributed by atoms with E-state index in [1.54, 1.807) is 6.07 Å². The molecule has 0 amide bonds. The number of ether oxygens (including phenoxy) is 4. The first-order chi connectivity index (χ1) is 12.4. The van der Waals surface area contributed by atoms with Crippen molar-refractivity contribution in [2.45, 2.75) is 6.61 Å². The Labute approximate surface area is 148 Å². The van der Waals surface area contributed by atoms with Crippen molar-refractivity contribution in [3.05, 3.63) is 53.6 Å². The molecule has 0 spiro atoms. The largest absolute Gasteiger partial charge is 0.497 e. The van der Waals surface area contributed by atoms with Crippen molar-refractivity contribution < 1.29 is 37.3 Å². The van der Waals surface area contributed by atoms with Crippen LogP contribution in [0.1, 0.15) is 20.7 Å². The highest BCUT2D eigenvalue weighted by molar-refractivity contribution is 6.01. The number of halogens is 2. The van der Waals surface area contributed by atoms with Crippen LogP contribution >= 0.6 is 0 Å². The van der Waals surface area contributed by atoms with Crippen LogP contribution in [0.15, 0.2) is 42.5 Å². The Kier molecular flexibility index (Phi) is 6.48. The van der Waals surface area contributed by atoms with Crippen LogP contribution in [-0.2, 0) is 4.74 Å². The second-order valence-corrected chi connectivity index (χ2v) is 4.97. The molecule has 2 rings (SSSR count). The number of carbonyl (C=O) groups is 2. The summed E-state index contributed by atoms with van der Waals surface area (Å²) in [5.41, 5.74) is 0.202. The van der Waals surface area contributed by atoms with Gasteiger partial charge in [-0.3, -0.25) is 4.79 Å². The fourth-order valence-electron chi connectivity index (χ4n) is 2.12. The lowest BCUT2D eigenvalue weighted by Crippen LogP contribution is -2.15. The predicted molar refractivity (Wildman–Crippen MR) is 87.2 cm³/mol. The van der Waals surface area contributed by atoms with E-state index in [9.17, 15) is 18.4 Å². The fraction of sp³-hybridized carbons (Fsp3) is 0.222.